The molecule has 1 N–H and O–H groups in total. The van der Waals surface area contributed by atoms with E-state index in [1.165, 1.54) is 46.6 Å². The molecule has 1 unspecified atom stereocenters. The van der Waals surface area contributed by atoms with Gasteiger partial charge in [-0.25, -0.2) is 9.37 Å². The number of ketones is 1. The predicted octanol–water partition coefficient (Wildman–Crippen LogP) is 6.27. The van der Waals surface area contributed by atoms with E-state index in [-0.39, 0.29) is 10.7 Å². The summed E-state index contributed by atoms with van der Waals surface area (Å²) in [4.78, 5) is 32.2. The molecule has 168 valence electrons. The van der Waals surface area contributed by atoms with E-state index in [1.807, 2.05) is 30.3 Å². The first-order valence-corrected chi connectivity index (χ1v) is 11.5. The van der Waals surface area contributed by atoms with Crippen LogP contribution in [0.1, 0.15) is 17.2 Å². The SMILES string of the molecule is O=C(/C=C/c1ccccc1)C1=C(O)C(=O)N(c2nc3ccc(Cl)cc3s2)C1c1ccc(F)cc1. The Morgan fingerprint density at radius 1 is 1.09 bits per heavy atom. The van der Waals surface area contributed by atoms with Crippen LogP contribution in [0.15, 0.2) is 90.2 Å². The third-order valence-corrected chi connectivity index (χ3v) is 6.68. The lowest BCUT2D eigenvalue weighted by Crippen LogP contribution is -2.30. The first kappa shape index (κ1) is 22.0. The van der Waals surface area contributed by atoms with Crippen molar-refractivity contribution >= 4 is 56.1 Å². The molecule has 5 rings (SSSR count). The van der Waals surface area contributed by atoms with Crippen LogP contribution in [0.3, 0.4) is 0 Å². The van der Waals surface area contributed by atoms with Crippen LogP contribution in [-0.4, -0.2) is 21.8 Å². The maximum absolute atomic E-state index is 13.6. The van der Waals surface area contributed by atoms with Crippen molar-refractivity contribution in [2.75, 3.05) is 4.90 Å². The van der Waals surface area contributed by atoms with Gasteiger partial charge in [-0.2, -0.15) is 0 Å². The van der Waals surface area contributed by atoms with Gasteiger partial charge in [0.2, 0.25) is 0 Å². The molecular weight excluding hydrogens is 475 g/mol. The van der Waals surface area contributed by atoms with E-state index < -0.39 is 29.3 Å². The summed E-state index contributed by atoms with van der Waals surface area (Å²) >= 11 is 7.30. The number of benzene rings is 3. The van der Waals surface area contributed by atoms with Crippen molar-refractivity contribution in [3.8, 4) is 0 Å². The molecule has 0 fully saturated rings. The van der Waals surface area contributed by atoms with E-state index in [1.54, 1.807) is 24.3 Å². The Hall–Kier alpha value is -3.81. The molecule has 0 saturated heterocycles. The van der Waals surface area contributed by atoms with Crippen LogP contribution in [0.4, 0.5) is 9.52 Å². The minimum atomic E-state index is -0.975. The topological polar surface area (TPSA) is 70.5 Å². The van der Waals surface area contributed by atoms with Crippen LogP contribution in [-0.2, 0) is 9.59 Å². The van der Waals surface area contributed by atoms with Crippen molar-refractivity contribution in [1.29, 1.82) is 0 Å². The number of hydrogen-bond donors (Lipinski definition) is 1. The van der Waals surface area contributed by atoms with Gasteiger partial charge in [-0.05, 0) is 47.5 Å². The van der Waals surface area contributed by atoms with Gasteiger partial charge in [0, 0.05) is 5.02 Å². The van der Waals surface area contributed by atoms with Gasteiger partial charge in [0.1, 0.15) is 5.82 Å². The van der Waals surface area contributed by atoms with Gasteiger partial charge in [-0.15, -0.1) is 0 Å². The van der Waals surface area contributed by atoms with Crippen molar-refractivity contribution < 1.29 is 19.1 Å². The molecule has 1 aliphatic heterocycles. The number of nitrogens with zero attached hydrogens (tertiary/aromatic N) is 2. The number of rotatable bonds is 5. The average molecular weight is 491 g/mol. The number of carbonyl (C=O) groups excluding carboxylic acids is 2. The van der Waals surface area contributed by atoms with Gasteiger partial charge in [0.25, 0.3) is 5.91 Å². The fraction of sp³-hybridized carbons (Fsp3) is 0.0385. The molecule has 0 radical (unpaired) electrons. The number of fused-ring (bicyclic) bond motifs is 1. The number of aliphatic hydroxyl groups excluding tert-OH is 1. The summed E-state index contributed by atoms with van der Waals surface area (Å²) in [6, 6.07) is 18.8. The molecule has 1 atom stereocenters. The van der Waals surface area contributed by atoms with Crippen LogP contribution >= 0.6 is 22.9 Å². The molecular formula is C26H16ClFN2O3S. The van der Waals surface area contributed by atoms with Crippen molar-refractivity contribution in [3.05, 3.63) is 112 Å². The van der Waals surface area contributed by atoms with Crippen LogP contribution in [0.5, 0.6) is 0 Å². The lowest BCUT2D eigenvalue weighted by Gasteiger charge is -2.24. The van der Waals surface area contributed by atoms with E-state index in [9.17, 15) is 19.1 Å². The van der Waals surface area contributed by atoms with Gasteiger partial charge in [0.15, 0.2) is 16.7 Å². The Morgan fingerprint density at radius 2 is 1.82 bits per heavy atom. The normalized spacial score (nSPS) is 16.2. The number of aromatic nitrogens is 1. The number of carbonyl (C=O) groups is 2. The van der Waals surface area contributed by atoms with E-state index >= 15 is 0 Å². The van der Waals surface area contributed by atoms with Gasteiger partial charge in [0.05, 0.1) is 21.8 Å². The predicted molar refractivity (Wildman–Crippen MR) is 131 cm³/mol. The zero-order valence-corrected chi connectivity index (χ0v) is 19.1. The Kier molecular flexibility index (Phi) is 5.73. The summed E-state index contributed by atoms with van der Waals surface area (Å²) in [6.07, 6.45) is 2.92. The standard InChI is InChI=1S/C26H16ClFN2O3S/c27-17-9-12-19-21(14-17)34-26(29-19)30-23(16-7-10-18(28)11-8-16)22(24(32)25(30)33)20(31)13-6-15-4-2-1-3-5-15/h1-14,23,32H/b13-6+. The summed E-state index contributed by atoms with van der Waals surface area (Å²) < 4.78 is 14.4. The highest BCUT2D eigenvalue weighted by Gasteiger charge is 2.45. The van der Waals surface area contributed by atoms with Gasteiger partial charge < -0.3 is 5.11 Å². The Morgan fingerprint density at radius 3 is 2.56 bits per heavy atom. The fourth-order valence-electron chi connectivity index (χ4n) is 3.83. The molecule has 1 aliphatic rings. The molecule has 8 heteroatoms. The quantitative estimate of drug-likeness (QED) is 0.335. The second-order valence-corrected chi connectivity index (χ2v) is 9.05. The number of halogens is 2. The average Bonchev–Trinajstić information content (AvgIpc) is 3.36. The highest BCUT2D eigenvalue weighted by molar-refractivity contribution is 7.22. The minimum absolute atomic E-state index is 0.0962. The zero-order valence-electron chi connectivity index (χ0n) is 17.5. The molecule has 34 heavy (non-hydrogen) atoms. The van der Waals surface area contributed by atoms with Gasteiger partial charge >= 0.3 is 0 Å². The number of thiazole rings is 1. The molecule has 4 aromatic rings. The lowest BCUT2D eigenvalue weighted by molar-refractivity contribution is -0.117. The molecule has 0 saturated carbocycles. The molecule has 0 bridgehead atoms. The van der Waals surface area contributed by atoms with E-state index in [4.69, 9.17) is 11.6 Å². The van der Waals surface area contributed by atoms with Crippen LogP contribution < -0.4 is 4.90 Å². The number of amides is 1. The fourth-order valence-corrected chi connectivity index (χ4v) is 5.10. The summed E-state index contributed by atoms with van der Waals surface area (Å²) in [6.45, 7) is 0. The highest BCUT2D eigenvalue weighted by atomic mass is 35.5. The van der Waals surface area contributed by atoms with Gasteiger partial charge in [-0.3, -0.25) is 14.5 Å². The molecule has 3 aromatic carbocycles. The molecule has 1 aromatic heterocycles. The lowest BCUT2D eigenvalue weighted by atomic mass is 9.95. The number of hydrogen-bond acceptors (Lipinski definition) is 5. The second kappa shape index (κ2) is 8.85. The van der Waals surface area contributed by atoms with Gasteiger partial charge in [-0.1, -0.05) is 71.5 Å². The number of aliphatic hydroxyl groups is 1. The van der Waals surface area contributed by atoms with Crippen LogP contribution in [0.25, 0.3) is 16.3 Å². The van der Waals surface area contributed by atoms with Crippen LogP contribution in [0.2, 0.25) is 5.02 Å². The van der Waals surface area contributed by atoms with E-state index in [2.05, 4.69) is 4.98 Å². The van der Waals surface area contributed by atoms with E-state index in [0.717, 1.165) is 10.3 Å². The summed E-state index contributed by atoms with van der Waals surface area (Å²) in [5, 5.41) is 11.6. The summed E-state index contributed by atoms with van der Waals surface area (Å²) in [7, 11) is 0. The number of allylic oxidation sites excluding steroid dienone is 1. The molecule has 2 heterocycles. The minimum Gasteiger partial charge on any atom is -0.503 e. The maximum atomic E-state index is 13.6. The summed E-state index contributed by atoms with van der Waals surface area (Å²) in [5.41, 5.74) is 1.78. The molecule has 0 aliphatic carbocycles. The Labute approximate surface area is 203 Å². The highest BCUT2D eigenvalue weighted by Crippen LogP contribution is 2.43. The smallest absolute Gasteiger partial charge is 0.296 e. The largest absolute Gasteiger partial charge is 0.503 e. The zero-order chi connectivity index (χ0) is 23.8. The first-order valence-electron chi connectivity index (χ1n) is 10.3. The Balaban J connectivity index is 1.60. The monoisotopic (exact) mass is 490 g/mol. The third-order valence-electron chi connectivity index (χ3n) is 5.43. The number of anilines is 1. The van der Waals surface area contributed by atoms with Crippen molar-refractivity contribution in [2.24, 2.45) is 0 Å². The molecule has 5 nitrogen and oxygen atoms in total. The maximum Gasteiger partial charge on any atom is 0.296 e. The van der Waals surface area contributed by atoms with Crippen LogP contribution in [0, 0.1) is 5.82 Å². The van der Waals surface area contributed by atoms with Crippen molar-refractivity contribution in [2.45, 2.75) is 6.04 Å². The van der Waals surface area contributed by atoms with E-state index in [0.29, 0.717) is 16.1 Å². The van der Waals surface area contributed by atoms with Crippen molar-refractivity contribution in [1.82, 2.24) is 4.98 Å². The second-order valence-electron chi connectivity index (χ2n) is 7.61. The molecule has 0 spiro atoms. The Bertz CT molecular complexity index is 1480. The van der Waals surface area contributed by atoms with Crippen molar-refractivity contribution in [3.63, 3.8) is 0 Å². The summed E-state index contributed by atoms with van der Waals surface area (Å²) in [5.74, 6) is -2.40. The first-order chi connectivity index (χ1) is 16.4. The third kappa shape index (κ3) is 4.00. The molecule has 1 amide bonds.